The Balaban J connectivity index is 1.77. The van der Waals surface area contributed by atoms with Crippen molar-refractivity contribution < 1.29 is 14.3 Å². The van der Waals surface area contributed by atoms with Crippen molar-refractivity contribution in [1.29, 1.82) is 0 Å². The minimum Gasteiger partial charge on any atom is -0.496 e. The van der Waals surface area contributed by atoms with Crippen molar-refractivity contribution in [3.63, 3.8) is 0 Å². The molecule has 0 heterocycles. The summed E-state index contributed by atoms with van der Waals surface area (Å²) in [6.45, 7) is 4.87. The second-order valence-electron chi connectivity index (χ2n) is 5.51. The van der Waals surface area contributed by atoms with E-state index in [0.717, 1.165) is 28.2 Å². The van der Waals surface area contributed by atoms with Gasteiger partial charge in [-0.05, 0) is 43.2 Å². The fourth-order valence-electron chi connectivity index (χ4n) is 2.41. The van der Waals surface area contributed by atoms with Gasteiger partial charge in [0.2, 0.25) is 5.91 Å². The fraction of sp³-hybridized carbons (Fsp3) is 0.316. The van der Waals surface area contributed by atoms with Gasteiger partial charge in [-0.3, -0.25) is 4.79 Å². The van der Waals surface area contributed by atoms with Crippen molar-refractivity contribution in [3.05, 3.63) is 59.2 Å². The fourth-order valence-corrected chi connectivity index (χ4v) is 2.41. The van der Waals surface area contributed by atoms with E-state index >= 15 is 0 Å². The SMILES string of the molecule is COc1ccccc1CNC(=O)CCOc1cc(C)cc(C)c1. The number of hydrogen-bond acceptors (Lipinski definition) is 3. The van der Waals surface area contributed by atoms with E-state index in [1.807, 2.05) is 50.2 Å². The standard InChI is InChI=1S/C19H23NO3/c1-14-10-15(2)12-17(11-14)23-9-8-19(21)20-13-16-6-4-5-7-18(16)22-3/h4-7,10-12H,8-9,13H2,1-3H3,(H,20,21). The number of benzene rings is 2. The molecule has 0 atom stereocenters. The summed E-state index contributed by atoms with van der Waals surface area (Å²) >= 11 is 0. The number of hydrogen-bond donors (Lipinski definition) is 1. The number of nitrogens with one attached hydrogen (secondary N) is 1. The molecule has 23 heavy (non-hydrogen) atoms. The summed E-state index contributed by atoms with van der Waals surface area (Å²) in [7, 11) is 1.62. The van der Waals surface area contributed by atoms with Crippen molar-refractivity contribution in [3.8, 4) is 11.5 Å². The highest BCUT2D eigenvalue weighted by atomic mass is 16.5. The van der Waals surface area contributed by atoms with E-state index in [0.29, 0.717) is 19.6 Å². The molecule has 0 aliphatic carbocycles. The van der Waals surface area contributed by atoms with Crippen molar-refractivity contribution in [1.82, 2.24) is 5.32 Å². The smallest absolute Gasteiger partial charge is 0.223 e. The minimum absolute atomic E-state index is 0.0414. The monoisotopic (exact) mass is 313 g/mol. The Kier molecular flexibility index (Phi) is 6.03. The van der Waals surface area contributed by atoms with Crippen LogP contribution in [0.5, 0.6) is 11.5 Å². The summed E-state index contributed by atoms with van der Waals surface area (Å²) in [5, 5.41) is 2.88. The first-order chi connectivity index (χ1) is 11.1. The zero-order valence-corrected chi connectivity index (χ0v) is 13.9. The lowest BCUT2D eigenvalue weighted by Gasteiger charge is -2.10. The molecule has 2 aromatic carbocycles. The molecule has 122 valence electrons. The van der Waals surface area contributed by atoms with Crippen LogP contribution in [-0.2, 0) is 11.3 Å². The number of aryl methyl sites for hydroxylation is 2. The highest BCUT2D eigenvalue weighted by Gasteiger charge is 2.06. The van der Waals surface area contributed by atoms with Gasteiger partial charge in [-0.1, -0.05) is 24.3 Å². The first-order valence-electron chi connectivity index (χ1n) is 7.68. The number of amides is 1. The van der Waals surface area contributed by atoms with Gasteiger partial charge in [0.05, 0.1) is 20.1 Å². The number of ether oxygens (including phenoxy) is 2. The summed E-state index contributed by atoms with van der Waals surface area (Å²) in [6, 6.07) is 13.7. The van der Waals surface area contributed by atoms with Gasteiger partial charge in [0.25, 0.3) is 0 Å². The van der Waals surface area contributed by atoms with E-state index in [-0.39, 0.29) is 5.91 Å². The van der Waals surface area contributed by atoms with Crippen molar-refractivity contribution in [2.45, 2.75) is 26.8 Å². The maximum atomic E-state index is 11.9. The van der Waals surface area contributed by atoms with Gasteiger partial charge < -0.3 is 14.8 Å². The normalized spacial score (nSPS) is 10.2. The first-order valence-corrected chi connectivity index (χ1v) is 7.68. The van der Waals surface area contributed by atoms with Gasteiger partial charge >= 0.3 is 0 Å². The number of para-hydroxylation sites is 1. The van der Waals surface area contributed by atoms with Gasteiger partial charge in [0.15, 0.2) is 0 Å². The molecular weight excluding hydrogens is 290 g/mol. The second kappa shape index (κ2) is 8.22. The van der Waals surface area contributed by atoms with Crippen LogP contribution in [0.25, 0.3) is 0 Å². The molecule has 1 amide bonds. The van der Waals surface area contributed by atoms with Gasteiger partial charge in [0.1, 0.15) is 11.5 Å². The van der Waals surface area contributed by atoms with Crippen LogP contribution in [-0.4, -0.2) is 19.6 Å². The van der Waals surface area contributed by atoms with E-state index in [1.165, 1.54) is 0 Å². The summed E-state index contributed by atoms with van der Waals surface area (Å²) in [5.74, 6) is 1.54. The topological polar surface area (TPSA) is 47.6 Å². The minimum atomic E-state index is -0.0414. The predicted octanol–water partition coefficient (Wildman–Crippen LogP) is 3.40. The van der Waals surface area contributed by atoms with Gasteiger partial charge in [-0.25, -0.2) is 0 Å². The Hall–Kier alpha value is -2.49. The third-order valence-electron chi connectivity index (χ3n) is 3.46. The second-order valence-corrected chi connectivity index (χ2v) is 5.51. The number of carbonyl (C=O) groups excluding carboxylic acids is 1. The van der Waals surface area contributed by atoms with Crippen LogP contribution in [0.15, 0.2) is 42.5 Å². The molecular formula is C19H23NO3. The summed E-state index contributed by atoms with van der Waals surface area (Å²) < 4.78 is 10.9. The maximum absolute atomic E-state index is 11.9. The molecule has 0 unspecified atom stereocenters. The molecule has 0 saturated carbocycles. The quantitative estimate of drug-likeness (QED) is 0.852. The third kappa shape index (κ3) is 5.33. The van der Waals surface area contributed by atoms with E-state index in [1.54, 1.807) is 7.11 Å². The summed E-state index contributed by atoms with van der Waals surface area (Å²) in [4.78, 5) is 11.9. The number of methoxy groups -OCH3 is 1. The van der Waals surface area contributed by atoms with Crippen molar-refractivity contribution in [2.75, 3.05) is 13.7 Å². The average Bonchev–Trinajstić information content (AvgIpc) is 2.52. The third-order valence-corrected chi connectivity index (χ3v) is 3.46. The van der Waals surface area contributed by atoms with Crippen LogP contribution in [0.4, 0.5) is 0 Å². The Bertz CT molecular complexity index is 647. The van der Waals surface area contributed by atoms with Crippen LogP contribution in [0.1, 0.15) is 23.1 Å². The first kappa shape index (κ1) is 16.9. The van der Waals surface area contributed by atoms with Gasteiger partial charge in [0, 0.05) is 12.1 Å². The van der Waals surface area contributed by atoms with E-state index in [2.05, 4.69) is 11.4 Å². The van der Waals surface area contributed by atoms with Gasteiger partial charge in [-0.2, -0.15) is 0 Å². The van der Waals surface area contributed by atoms with Crippen LogP contribution in [0, 0.1) is 13.8 Å². The van der Waals surface area contributed by atoms with Crippen LogP contribution in [0.2, 0.25) is 0 Å². The average molecular weight is 313 g/mol. The Labute approximate surface area is 137 Å². The molecule has 4 heteroatoms. The molecule has 0 aliphatic heterocycles. The van der Waals surface area contributed by atoms with E-state index in [4.69, 9.17) is 9.47 Å². The Morgan fingerprint density at radius 1 is 1.09 bits per heavy atom. The Morgan fingerprint density at radius 2 is 1.78 bits per heavy atom. The van der Waals surface area contributed by atoms with Crippen LogP contribution in [0.3, 0.4) is 0 Å². The van der Waals surface area contributed by atoms with Crippen molar-refractivity contribution >= 4 is 5.91 Å². The zero-order chi connectivity index (χ0) is 16.7. The predicted molar refractivity (Wildman–Crippen MR) is 90.9 cm³/mol. The molecule has 4 nitrogen and oxygen atoms in total. The van der Waals surface area contributed by atoms with E-state index < -0.39 is 0 Å². The molecule has 0 fully saturated rings. The highest BCUT2D eigenvalue weighted by Crippen LogP contribution is 2.17. The van der Waals surface area contributed by atoms with Crippen LogP contribution >= 0.6 is 0 Å². The Morgan fingerprint density at radius 3 is 2.48 bits per heavy atom. The maximum Gasteiger partial charge on any atom is 0.223 e. The lowest BCUT2D eigenvalue weighted by atomic mass is 10.1. The molecule has 0 radical (unpaired) electrons. The summed E-state index contributed by atoms with van der Waals surface area (Å²) in [5.41, 5.74) is 3.26. The lowest BCUT2D eigenvalue weighted by molar-refractivity contribution is -0.121. The van der Waals surface area contributed by atoms with Crippen molar-refractivity contribution in [2.24, 2.45) is 0 Å². The molecule has 0 bridgehead atoms. The van der Waals surface area contributed by atoms with E-state index in [9.17, 15) is 4.79 Å². The largest absolute Gasteiger partial charge is 0.496 e. The molecule has 2 rings (SSSR count). The molecule has 0 aliphatic rings. The number of carbonyl (C=O) groups is 1. The zero-order valence-electron chi connectivity index (χ0n) is 13.9. The molecule has 2 aromatic rings. The van der Waals surface area contributed by atoms with Gasteiger partial charge in [-0.15, -0.1) is 0 Å². The molecule has 0 aromatic heterocycles. The molecule has 1 N–H and O–H groups in total. The summed E-state index contributed by atoms with van der Waals surface area (Å²) in [6.07, 6.45) is 0.322. The van der Waals surface area contributed by atoms with Crippen LogP contribution < -0.4 is 14.8 Å². The highest BCUT2D eigenvalue weighted by molar-refractivity contribution is 5.76. The molecule has 0 spiro atoms. The number of rotatable bonds is 7. The lowest BCUT2D eigenvalue weighted by Crippen LogP contribution is -2.24. The molecule has 0 saturated heterocycles.